The van der Waals surface area contributed by atoms with Gasteiger partial charge in [0.1, 0.15) is 6.61 Å². The summed E-state index contributed by atoms with van der Waals surface area (Å²) in [6.45, 7) is 3.43. The zero-order chi connectivity index (χ0) is 14.4. The lowest BCUT2D eigenvalue weighted by molar-refractivity contribution is -0.384. The van der Waals surface area contributed by atoms with Crippen molar-refractivity contribution in [3.63, 3.8) is 0 Å². The SMILES string of the molecule is NNc1cc([N+](=O)[O-])cc(OCCN2CCCCC2)n1. The summed E-state index contributed by atoms with van der Waals surface area (Å²) in [4.78, 5) is 16.6. The number of piperidine rings is 1. The molecule has 1 aromatic rings. The van der Waals surface area contributed by atoms with Crippen LogP contribution in [0.2, 0.25) is 0 Å². The van der Waals surface area contributed by atoms with E-state index in [4.69, 9.17) is 10.6 Å². The standard InChI is InChI=1S/C12H19N5O3/c13-15-11-8-10(17(18)19)9-12(14-11)20-7-6-16-4-2-1-3-5-16/h8-9H,1-7,13H2,(H,14,15). The Morgan fingerprint density at radius 3 is 2.80 bits per heavy atom. The van der Waals surface area contributed by atoms with Crippen LogP contribution in [-0.2, 0) is 0 Å². The van der Waals surface area contributed by atoms with E-state index in [2.05, 4.69) is 15.3 Å². The van der Waals surface area contributed by atoms with Gasteiger partial charge < -0.3 is 10.2 Å². The molecular formula is C12H19N5O3. The molecule has 0 spiro atoms. The van der Waals surface area contributed by atoms with Gasteiger partial charge in [-0.05, 0) is 25.9 Å². The van der Waals surface area contributed by atoms with Gasteiger partial charge in [0.15, 0.2) is 5.82 Å². The monoisotopic (exact) mass is 281 g/mol. The number of hydrogen-bond donors (Lipinski definition) is 2. The summed E-state index contributed by atoms with van der Waals surface area (Å²) in [5.74, 6) is 5.66. The van der Waals surface area contributed by atoms with Gasteiger partial charge in [-0.2, -0.15) is 4.98 Å². The molecule has 1 fully saturated rings. The number of pyridine rings is 1. The van der Waals surface area contributed by atoms with Crippen LogP contribution >= 0.6 is 0 Å². The van der Waals surface area contributed by atoms with Crippen LogP contribution in [0.1, 0.15) is 19.3 Å². The van der Waals surface area contributed by atoms with Gasteiger partial charge in [0, 0.05) is 6.54 Å². The van der Waals surface area contributed by atoms with E-state index in [0.717, 1.165) is 19.6 Å². The van der Waals surface area contributed by atoms with Gasteiger partial charge in [0.05, 0.1) is 17.1 Å². The van der Waals surface area contributed by atoms with Gasteiger partial charge in [-0.1, -0.05) is 6.42 Å². The van der Waals surface area contributed by atoms with Crippen molar-refractivity contribution in [2.75, 3.05) is 31.7 Å². The lowest BCUT2D eigenvalue weighted by Crippen LogP contribution is -2.33. The maximum absolute atomic E-state index is 10.8. The zero-order valence-corrected chi connectivity index (χ0v) is 11.2. The van der Waals surface area contributed by atoms with E-state index in [1.165, 1.54) is 31.4 Å². The summed E-state index contributed by atoms with van der Waals surface area (Å²) in [7, 11) is 0. The lowest BCUT2D eigenvalue weighted by Gasteiger charge is -2.26. The Morgan fingerprint density at radius 1 is 1.40 bits per heavy atom. The van der Waals surface area contributed by atoms with Crippen LogP contribution in [-0.4, -0.2) is 41.0 Å². The van der Waals surface area contributed by atoms with Crippen LogP contribution in [0.25, 0.3) is 0 Å². The van der Waals surface area contributed by atoms with Gasteiger partial charge in [0.25, 0.3) is 5.69 Å². The molecule has 110 valence electrons. The number of ether oxygens (including phenoxy) is 1. The minimum absolute atomic E-state index is 0.0964. The fraction of sp³-hybridized carbons (Fsp3) is 0.583. The first-order chi connectivity index (χ1) is 9.69. The Balaban J connectivity index is 1.91. The van der Waals surface area contributed by atoms with Crippen molar-refractivity contribution in [3.05, 3.63) is 22.2 Å². The summed E-state index contributed by atoms with van der Waals surface area (Å²) in [6, 6.07) is 2.56. The van der Waals surface area contributed by atoms with Gasteiger partial charge in [-0.3, -0.25) is 15.0 Å². The number of rotatable bonds is 6. The highest BCUT2D eigenvalue weighted by Gasteiger charge is 2.13. The molecule has 2 rings (SSSR count). The predicted molar refractivity (Wildman–Crippen MR) is 74.5 cm³/mol. The molecule has 2 heterocycles. The Hall–Kier alpha value is -1.93. The highest BCUT2D eigenvalue weighted by atomic mass is 16.6. The first-order valence-electron chi connectivity index (χ1n) is 6.67. The molecule has 20 heavy (non-hydrogen) atoms. The number of nitrogens with one attached hydrogen (secondary N) is 1. The number of anilines is 1. The topological polar surface area (TPSA) is 107 Å². The van der Waals surface area contributed by atoms with Crippen molar-refractivity contribution in [1.82, 2.24) is 9.88 Å². The smallest absolute Gasteiger partial charge is 0.278 e. The fourth-order valence-corrected chi connectivity index (χ4v) is 2.21. The molecule has 1 aromatic heterocycles. The van der Waals surface area contributed by atoms with Crippen molar-refractivity contribution in [2.24, 2.45) is 5.84 Å². The Kier molecular flexibility index (Phi) is 5.08. The average molecular weight is 281 g/mol. The van der Waals surface area contributed by atoms with E-state index >= 15 is 0 Å². The fourth-order valence-electron chi connectivity index (χ4n) is 2.21. The third-order valence-corrected chi connectivity index (χ3v) is 3.25. The molecule has 0 aromatic carbocycles. The number of nitrogen functional groups attached to an aromatic ring is 1. The maximum atomic E-state index is 10.8. The molecule has 8 heteroatoms. The minimum Gasteiger partial charge on any atom is -0.476 e. The lowest BCUT2D eigenvalue weighted by atomic mass is 10.1. The summed E-state index contributed by atoms with van der Waals surface area (Å²) in [6.07, 6.45) is 3.72. The van der Waals surface area contributed by atoms with Crippen LogP contribution < -0.4 is 16.0 Å². The molecule has 1 saturated heterocycles. The van der Waals surface area contributed by atoms with Crippen LogP contribution in [0.3, 0.4) is 0 Å². The van der Waals surface area contributed by atoms with Gasteiger partial charge in [-0.15, -0.1) is 0 Å². The van der Waals surface area contributed by atoms with Crippen molar-refractivity contribution in [3.8, 4) is 5.88 Å². The highest BCUT2D eigenvalue weighted by Crippen LogP contribution is 2.21. The normalized spacial score (nSPS) is 15.8. The summed E-state index contributed by atoms with van der Waals surface area (Å²) in [5, 5.41) is 10.8. The predicted octanol–water partition coefficient (Wildman–Crippen LogP) is 1.14. The molecule has 0 radical (unpaired) electrons. The summed E-state index contributed by atoms with van der Waals surface area (Å²) >= 11 is 0. The summed E-state index contributed by atoms with van der Waals surface area (Å²) in [5.41, 5.74) is 2.20. The van der Waals surface area contributed by atoms with E-state index in [0.29, 0.717) is 6.61 Å². The molecule has 1 aliphatic rings. The van der Waals surface area contributed by atoms with Crippen molar-refractivity contribution >= 4 is 11.5 Å². The van der Waals surface area contributed by atoms with Crippen LogP contribution in [0.15, 0.2) is 12.1 Å². The van der Waals surface area contributed by atoms with E-state index in [-0.39, 0.29) is 17.4 Å². The molecule has 0 saturated carbocycles. The number of nitro groups is 1. The van der Waals surface area contributed by atoms with E-state index in [1.807, 2.05) is 0 Å². The number of hydrazine groups is 1. The van der Waals surface area contributed by atoms with Crippen LogP contribution in [0.4, 0.5) is 11.5 Å². The van der Waals surface area contributed by atoms with Gasteiger partial charge in [0.2, 0.25) is 5.88 Å². The van der Waals surface area contributed by atoms with Crippen molar-refractivity contribution < 1.29 is 9.66 Å². The molecule has 0 atom stereocenters. The first-order valence-corrected chi connectivity index (χ1v) is 6.67. The second kappa shape index (κ2) is 7.01. The highest BCUT2D eigenvalue weighted by molar-refractivity contribution is 5.47. The molecule has 0 unspecified atom stereocenters. The van der Waals surface area contributed by atoms with E-state index < -0.39 is 4.92 Å². The van der Waals surface area contributed by atoms with E-state index in [9.17, 15) is 10.1 Å². The average Bonchev–Trinajstić information content (AvgIpc) is 2.48. The van der Waals surface area contributed by atoms with E-state index in [1.54, 1.807) is 0 Å². The molecule has 1 aliphatic heterocycles. The molecule has 0 bridgehead atoms. The molecule has 0 aliphatic carbocycles. The number of hydrogen-bond acceptors (Lipinski definition) is 7. The quantitative estimate of drug-likeness (QED) is 0.457. The second-order valence-corrected chi connectivity index (χ2v) is 4.70. The van der Waals surface area contributed by atoms with Crippen LogP contribution in [0, 0.1) is 10.1 Å². The summed E-state index contributed by atoms with van der Waals surface area (Å²) < 4.78 is 5.49. The second-order valence-electron chi connectivity index (χ2n) is 4.70. The number of nitrogens with zero attached hydrogens (tertiary/aromatic N) is 3. The molecule has 0 amide bonds. The van der Waals surface area contributed by atoms with Gasteiger partial charge >= 0.3 is 0 Å². The Bertz CT molecular complexity index is 462. The molecule has 8 nitrogen and oxygen atoms in total. The number of aromatic nitrogens is 1. The molecular weight excluding hydrogens is 262 g/mol. The first kappa shape index (κ1) is 14.5. The molecule has 3 N–H and O–H groups in total. The third kappa shape index (κ3) is 4.04. The number of likely N-dealkylation sites (tertiary alicyclic amines) is 1. The zero-order valence-electron chi connectivity index (χ0n) is 11.2. The maximum Gasteiger partial charge on any atom is 0.278 e. The van der Waals surface area contributed by atoms with Crippen molar-refractivity contribution in [1.29, 1.82) is 0 Å². The Labute approximate surface area is 117 Å². The minimum atomic E-state index is -0.500. The van der Waals surface area contributed by atoms with Crippen LogP contribution in [0.5, 0.6) is 5.88 Å². The van der Waals surface area contributed by atoms with Crippen molar-refractivity contribution in [2.45, 2.75) is 19.3 Å². The third-order valence-electron chi connectivity index (χ3n) is 3.25. The number of nitrogens with two attached hydrogens (primary N) is 1. The Morgan fingerprint density at radius 2 is 2.15 bits per heavy atom. The largest absolute Gasteiger partial charge is 0.476 e. The van der Waals surface area contributed by atoms with Gasteiger partial charge in [-0.25, -0.2) is 5.84 Å².